The number of hydrogen-bond donors (Lipinski definition) is 1. The van der Waals surface area contributed by atoms with E-state index in [2.05, 4.69) is 11.8 Å². The molecule has 1 aliphatic heterocycles. The Morgan fingerprint density at radius 1 is 1.55 bits per heavy atom. The first-order valence-electron chi connectivity index (χ1n) is 6.76. The standard InChI is InChI=1S/C16H19NO2S/c1-17(16(19)15-8-4-10-20-15)12-14-6-2-5-13(11-14)7-3-9-18/h2,5-6,11,15,18H,4,8-10,12H2,1H3. The first-order valence-corrected chi connectivity index (χ1v) is 7.81. The summed E-state index contributed by atoms with van der Waals surface area (Å²) in [5.74, 6) is 6.83. The SMILES string of the molecule is CN(Cc1cccc(C#CCO)c1)C(=O)C1CCCS1. The zero-order valence-corrected chi connectivity index (χ0v) is 12.4. The number of carbonyl (C=O) groups excluding carboxylic acids is 1. The Kier molecular flexibility index (Phi) is 5.51. The molecule has 1 N–H and O–H groups in total. The fourth-order valence-electron chi connectivity index (χ4n) is 2.26. The number of amides is 1. The number of aliphatic hydroxyl groups is 1. The predicted octanol–water partition coefficient (Wildman–Crippen LogP) is 1.88. The summed E-state index contributed by atoms with van der Waals surface area (Å²) in [7, 11) is 1.85. The maximum atomic E-state index is 12.3. The van der Waals surface area contributed by atoms with Gasteiger partial charge in [-0.25, -0.2) is 0 Å². The van der Waals surface area contributed by atoms with Crippen LogP contribution in [0.15, 0.2) is 24.3 Å². The topological polar surface area (TPSA) is 40.5 Å². The number of nitrogens with zero attached hydrogens (tertiary/aromatic N) is 1. The summed E-state index contributed by atoms with van der Waals surface area (Å²) >= 11 is 1.76. The van der Waals surface area contributed by atoms with Crippen LogP contribution in [0.1, 0.15) is 24.0 Å². The van der Waals surface area contributed by atoms with E-state index in [0.717, 1.165) is 29.7 Å². The zero-order valence-electron chi connectivity index (χ0n) is 11.6. The van der Waals surface area contributed by atoms with Crippen molar-refractivity contribution in [2.24, 2.45) is 0 Å². The number of aliphatic hydroxyl groups excluding tert-OH is 1. The van der Waals surface area contributed by atoms with Gasteiger partial charge in [-0.3, -0.25) is 4.79 Å². The average Bonchev–Trinajstić information content (AvgIpc) is 2.98. The van der Waals surface area contributed by atoms with Crippen LogP contribution in [0.2, 0.25) is 0 Å². The van der Waals surface area contributed by atoms with E-state index >= 15 is 0 Å². The second kappa shape index (κ2) is 7.37. The van der Waals surface area contributed by atoms with Crippen LogP contribution in [0, 0.1) is 11.8 Å². The number of thioether (sulfide) groups is 1. The summed E-state index contributed by atoms with van der Waals surface area (Å²) in [6.07, 6.45) is 2.14. The summed E-state index contributed by atoms with van der Waals surface area (Å²) in [6.45, 7) is 0.464. The van der Waals surface area contributed by atoms with Gasteiger partial charge >= 0.3 is 0 Å². The molecule has 1 unspecified atom stereocenters. The Hall–Kier alpha value is -1.44. The number of hydrogen-bond acceptors (Lipinski definition) is 3. The van der Waals surface area contributed by atoms with E-state index in [1.807, 2.05) is 31.3 Å². The molecule has 1 aliphatic rings. The maximum absolute atomic E-state index is 12.3. The quantitative estimate of drug-likeness (QED) is 0.864. The van der Waals surface area contributed by atoms with Gasteiger partial charge in [0.05, 0.1) is 5.25 Å². The van der Waals surface area contributed by atoms with Crippen molar-refractivity contribution in [3.05, 3.63) is 35.4 Å². The minimum Gasteiger partial charge on any atom is -0.384 e. The van der Waals surface area contributed by atoms with E-state index in [4.69, 9.17) is 5.11 Å². The van der Waals surface area contributed by atoms with Gasteiger partial charge in [-0.2, -0.15) is 0 Å². The summed E-state index contributed by atoms with van der Waals surface area (Å²) in [5, 5.41) is 8.84. The zero-order chi connectivity index (χ0) is 14.4. The highest BCUT2D eigenvalue weighted by atomic mass is 32.2. The van der Waals surface area contributed by atoms with E-state index in [9.17, 15) is 4.79 Å². The van der Waals surface area contributed by atoms with E-state index in [0.29, 0.717) is 6.54 Å². The van der Waals surface area contributed by atoms with Crippen LogP contribution >= 0.6 is 11.8 Å². The van der Waals surface area contributed by atoms with E-state index in [1.54, 1.807) is 16.7 Å². The Morgan fingerprint density at radius 3 is 3.10 bits per heavy atom. The molecule has 0 aliphatic carbocycles. The monoisotopic (exact) mass is 289 g/mol. The summed E-state index contributed by atoms with van der Waals surface area (Å²) in [5.41, 5.74) is 1.93. The lowest BCUT2D eigenvalue weighted by molar-refractivity contribution is -0.129. The summed E-state index contributed by atoms with van der Waals surface area (Å²) in [4.78, 5) is 14.0. The minimum absolute atomic E-state index is 0.136. The molecule has 1 heterocycles. The van der Waals surface area contributed by atoms with E-state index in [-0.39, 0.29) is 17.8 Å². The van der Waals surface area contributed by atoms with Gasteiger partial charge in [-0.15, -0.1) is 11.8 Å². The Bertz CT molecular complexity index is 527. The molecule has 1 aromatic carbocycles. The summed E-state index contributed by atoms with van der Waals surface area (Å²) < 4.78 is 0. The van der Waals surface area contributed by atoms with Crippen LogP contribution in [0.3, 0.4) is 0 Å². The van der Waals surface area contributed by atoms with E-state index < -0.39 is 0 Å². The maximum Gasteiger partial charge on any atom is 0.235 e. The molecule has 1 atom stereocenters. The third-order valence-electron chi connectivity index (χ3n) is 3.24. The molecule has 1 fully saturated rings. The third-order valence-corrected chi connectivity index (χ3v) is 4.60. The molecule has 4 heteroatoms. The number of carbonyl (C=O) groups is 1. The first kappa shape index (κ1) is 15.0. The van der Waals surface area contributed by atoms with Crippen molar-refractivity contribution in [2.45, 2.75) is 24.6 Å². The highest BCUT2D eigenvalue weighted by Gasteiger charge is 2.25. The van der Waals surface area contributed by atoms with Crippen molar-refractivity contribution in [3.63, 3.8) is 0 Å². The van der Waals surface area contributed by atoms with Crippen molar-refractivity contribution in [2.75, 3.05) is 19.4 Å². The van der Waals surface area contributed by atoms with Crippen molar-refractivity contribution >= 4 is 17.7 Å². The van der Waals surface area contributed by atoms with Crippen molar-refractivity contribution < 1.29 is 9.90 Å². The molecule has 106 valence electrons. The van der Waals surface area contributed by atoms with Crippen LogP contribution in [-0.2, 0) is 11.3 Å². The highest BCUT2D eigenvalue weighted by Crippen LogP contribution is 2.27. The summed E-state index contributed by atoms with van der Waals surface area (Å²) in [6, 6.07) is 7.80. The molecular weight excluding hydrogens is 270 g/mol. The van der Waals surface area contributed by atoms with Gasteiger partial charge in [-0.1, -0.05) is 24.0 Å². The second-order valence-corrected chi connectivity index (χ2v) is 6.17. The molecule has 3 nitrogen and oxygen atoms in total. The molecule has 0 aromatic heterocycles. The number of rotatable bonds is 3. The normalized spacial score (nSPS) is 17.4. The second-order valence-electron chi connectivity index (χ2n) is 4.86. The molecule has 1 aromatic rings. The molecular formula is C16H19NO2S. The fourth-order valence-corrected chi connectivity index (χ4v) is 3.53. The Balaban J connectivity index is 1.99. The van der Waals surface area contributed by atoms with Crippen LogP contribution in [0.5, 0.6) is 0 Å². The largest absolute Gasteiger partial charge is 0.384 e. The smallest absolute Gasteiger partial charge is 0.235 e. The molecule has 20 heavy (non-hydrogen) atoms. The lowest BCUT2D eigenvalue weighted by Gasteiger charge is -2.20. The number of benzene rings is 1. The van der Waals surface area contributed by atoms with Gasteiger partial charge in [0.15, 0.2) is 0 Å². The first-order chi connectivity index (χ1) is 9.70. The van der Waals surface area contributed by atoms with Gasteiger partial charge in [0, 0.05) is 19.2 Å². The van der Waals surface area contributed by atoms with Crippen LogP contribution in [0.4, 0.5) is 0 Å². The Labute approximate surface area is 124 Å². The Morgan fingerprint density at radius 2 is 2.40 bits per heavy atom. The highest BCUT2D eigenvalue weighted by molar-refractivity contribution is 8.00. The van der Waals surface area contributed by atoms with Gasteiger partial charge in [0.1, 0.15) is 6.61 Å². The predicted molar refractivity (Wildman–Crippen MR) is 82.4 cm³/mol. The lowest BCUT2D eigenvalue weighted by Crippen LogP contribution is -2.33. The van der Waals surface area contributed by atoms with Crippen LogP contribution in [-0.4, -0.2) is 40.6 Å². The van der Waals surface area contributed by atoms with Crippen LogP contribution < -0.4 is 0 Å². The van der Waals surface area contributed by atoms with Gasteiger partial charge < -0.3 is 10.0 Å². The molecule has 0 spiro atoms. The van der Waals surface area contributed by atoms with Gasteiger partial charge in [-0.05, 0) is 36.3 Å². The molecule has 2 rings (SSSR count). The average molecular weight is 289 g/mol. The minimum atomic E-state index is -0.137. The fraction of sp³-hybridized carbons (Fsp3) is 0.438. The lowest BCUT2D eigenvalue weighted by atomic mass is 10.1. The third kappa shape index (κ3) is 4.03. The molecule has 0 bridgehead atoms. The molecule has 0 saturated carbocycles. The van der Waals surface area contributed by atoms with E-state index in [1.165, 1.54) is 0 Å². The van der Waals surface area contributed by atoms with Gasteiger partial charge in [0.2, 0.25) is 5.91 Å². The van der Waals surface area contributed by atoms with Crippen LogP contribution in [0.25, 0.3) is 0 Å². The molecule has 1 saturated heterocycles. The van der Waals surface area contributed by atoms with Crippen molar-refractivity contribution in [3.8, 4) is 11.8 Å². The molecule has 1 amide bonds. The van der Waals surface area contributed by atoms with Crippen molar-refractivity contribution in [1.82, 2.24) is 4.90 Å². The van der Waals surface area contributed by atoms with Gasteiger partial charge in [0.25, 0.3) is 0 Å². The van der Waals surface area contributed by atoms with Crippen molar-refractivity contribution in [1.29, 1.82) is 0 Å². The molecule has 0 radical (unpaired) electrons.